The summed E-state index contributed by atoms with van der Waals surface area (Å²) >= 11 is 0. The van der Waals surface area contributed by atoms with Crippen LogP contribution in [0.25, 0.3) is 0 Å². The fourth-order valence-electron chi connectivity index (χ4n) is 0.497. The van der Waals surface area contributed by atoms with E-state index in [-0.39, 0.29) is 19.1 Å². The van der Waals surface area contributed by atoms with Gasteiger partial charge in [-0.05, 0) is 6.42 Å². The van der Waals surface area contributed by atoms with Gasteiger partial charge in [0.05, 0.1) is 6.16 Å². The Morgan fingerprint density at radius 3 is 2.45 bits per heavy atom. The molecule has 0 aliphatic carbocycles. The number of rotatable bonds is 4. The van der Waals surface area contributed by atoms with Crippen molar-refractivity contribution in [2.24, 2.45) is 5.73 Å². The zero-order valence-corrected chi connectivity index (χ0v) is 6.75. The summed E-state index contributed by atoms with van der Waals surface area (Å²) in [5, 5.41) is 2.21. The lowest BCUT2D eigenvalue weighted by Gasteiger charge is -2.02. The standard InChI is InChI=1S/C4H11N2O4P/c5-4(7)6-2-1-3-11(8,9)10/h1-3H2,(H3,5,6,7)(H2,8,9,10). The third-order valence-electron chi connectivity index (χ3n) is 0.925. The number of primary amides is 1. The number of carbonyl (C=O) groups is 1. The zero-order chi connectivity index (χ0) is 8.91. The van der Waals surface area contributed by atoms with Crippen molar-refractivity contribution in [3.63, 3.8) is 0 Å². The summed E-state index contributed by atoms with van der Waals surface area (Å²) in [6, 6.07) is -0.685. The summed E-state index contributed by atoms with van der Waals surface area (Å²) in [7, 11) is -3.92. The highest BCUT2D eigenvalue weighted by atomic mass is 31.2. The Kier molecular flexibility index (Phi) is 4.10. The molecule has 0 saturated carbocycles. The number of carbonyl (C=O) groups excluding carboxylic acids is 1. The molecule has 0 aromatic heterocycles. The van der Waals surface area contributed by atoms with Crippen LogP contribution in [0.5, 0.6) is 0 Å². The Bertz CT molecular complexity index is 177. The number of hydrogen-bond acceptors (Lipinski definition) is 2. The summed E-state index contributed by atoms with van der Waals surface area (Å²) in [6.45, 7) is 0.195. The Morgan fingerprint density at radius 2 is 2.09 bits per heavy atom. The molecule has 0 radical (unpaired) electrons. The molecule has 0 atom stereocenters. The summed E-state index contributed by atoms with van der Waals surface area (Å²) < 4.78 is 10.2. The highest BCUT2D eigenvalue weighted by Gasteiger charge is 2.11. The maximum absolute atomic E-state index is 10.2. The molecule has 7 heteroatoms. The Labute approximate surface area is 63.9 Å². The van der Waals surface area contributed by atoms with Crippen LogP contribution in [0, 0.1) is 0 Å². The minimum absolute atomic E-state index is 0.195. The van der Waals surface area contributed by atoms with Crippen LogP contribution < -0.4 is 11.1 Å². The van der Waals surface area contributed by atoms with Crippen LogP contribution in [0.2, 0.25) is 0 Å². The van der Waals surface area contributed by atoms with Gasteiger partial charge in [-0.2, -0.15) is 0 Å². The molecule has 2 amide bonds. The largest absolute Gasteiger partial charge is 0.352 e. The molecule has 0 fully saturated rings. The third kappa shape index (κ3) is 9.42. The Balaban J connectivity index is 3.29. The molecule has 66 valence electrons. The van der Waals surface area contributed by atoms with Gasteiger partial charge in [-0.25, -0.2) is 4.79 Å². The molecule has 0 saturated heterocycles. The van der Waals surface area contributed by atoms with E-state index >= 15 is 0 Å². The van der Waals surface area contributed by atoms with Gasteiger partial charge in [0.2, 0.25) is 0 Å². The number of amides is 2. The summed E-state index contributed by atoms with van der Waals surface area (Å²) in [6.07, 6.45) is 0.000494. The molecule has 0 bridgehead atoms. The van der Waals surface area contributed by atoms with Crippen LogP contribution in [0.3, 0.4) is 0 Å². The molecule has 0 aliphatic heterocycles. The Morgan fingerprint density at radius 1 is 1.55 bits per heavy atom. The second-order valence-corrected chi connectivity index (χ2v) is 3.81. The molecular weight excluding hydrogens is 171 g/mol. The van der Waals surface area contributed by atoms with E-state index in [2.05, 4.69) is 5.32 Å². The monoisotopic (exact) mass is 182 g/mol. The van der Waals surface area contributed by atoms with Gasteiger partial charge in [0.25, 0.3) is 0 Å². The highest BCUT2D eigenvalue weighted by molar-refractivity contribution is 7.51. The first-order valence-corrected chi connectivity index (χ1v) is 4.79. The summed E-state index contributed by atoms with van der Waals surface area (Å²) in [5.74, 6) is 0. The first-order chi connectivity index (χ1) is 4.92. The first-order valence-electron chi connectivity index (χ1n) is 3.00. The highest BCUT2D eigenvalue weighted by Crippen LogP contribution is 2.34. The van der Waals surface area contributed by atoms with E-state index in [9.17, 15) is 9.36 Å². The third-order valence-corrected chi connectivity index (χ3v) is 1.82. The van der Waals surface area contributed by atoms with Crippen LogP contribution in [-0.2, 0) is 4.57 Å². The van der Waals surface area contributed by atoms with Crippen LogP contribution in [-0.4, -0.2) is 28.5 Å². The fourth-order valence-corrected chi connectivity index (χ4v) is 1.07. The van der Waals surface area contributed by atoms with Gasteiger partial charge in [0, 0.05) is 6.54 Å². The van der Waals surface area contributed by atoms with E-state index in [0.29, 0.717) is 0 Å². The van der Waals surface area contributed by atoms with Crippen molar-refractivity contribution >= 4 is 13.6 Å². The van der Waals surface area contributed by atoms with E-state index in [0.717, 1.165) is 0 Å². The van der Waals surface area contributed by atoms with Gasteiger partial charge in [0.15, 0.2) is 0 Å². The lowest BCUT2D eigenvalue weighted by atomic mass is 10.5. The number of hydrogen-bond donors (Lipinski definition) is 4. The molecule has 0 heterocycles. The SMILES string of the molecule is NC(=O)NCCCP(=O)(O)O. The zero-order valence-electron chi connectivity index (χ0n) is 5.86. The van der Waals surface area contributed by atoms with Crippen LogP contribution in [0.4, 0.5) is 4.79 Å². The Hall–Kier alpha value is -0.580. The van der Waals surface area contributed by atoms with E-state index < -0.39 is 13.6 Å². The molecular formula is C4H11N2O4P. The number of nitrogens with two attached hydrogens (primary N) is 1. The number of urea groups is 1. The van der Waals surface area contributed by atoms with Gasteiger partial charge < -0.3 is 20.8 Å². The molecule has 6 nitrogen and oxygen atoms in total. The smallest absolute Gasteiger partial charge is 0.325 e. The van der Waals surface area contributed by atoms with Crippen molar-refractivity contribution in [3.05, 3.63) is 0 Å². The lowest BCUT2D eigenvalue weighted by molar-refractivity contribution is 0.249. The number of nitrogens with one attached hydrogen (secondary N) is 1. The second-order valence-electron chi connectivity index (χ2n) is 2.03. The predicted molar refractivity (Wildman–Crippen MR) is 39.1 cm³/mol. The minimum Gasteiger partial charge on any atom is -0.352 e. The molecule has 0 aliphatic rings. The molecule has 0 unspecified atom stereocenters. The normalized spacial score (nSPS) is 11.1. The van der Waals surface area contributed by atoms with Crippen molar-refractivity contribution in [1.82, 2.24) is 5.32 Å². The average molecular weight is 182 g/mol. The second kappa shape index (κ2) is 4.33. The fraction of sp³-hybridized carbons (Fsp3) is 0.750. The first kappa shape index (κ1) is 10.4. The van der Waals surface area contributed by atoms with Crippen LogP contribution >= 0.6 is 7.60 Å². The van der Waals surface area contributed by atoms with E-state index in [4.69, 9.17) is 15.5 Å². The van der Waals surface area contributed by atoms with Gasteiger partial charge in [-0.15, -0.1) is 0 Å². The van der Waals surface area contributed by atoms with Crippen molar-refractivity contribution in [2.45, 2.75) is 6.42 Å². The van der Waals surface area contributed by atoms with Crippen LogP contribution in [0.15, 0.2) is 0 Å². The van der Waals surface area contributed by atoms with E-state index in [1.54, 1.807) is 0 Å². The van der Waals surface area contributed by atoms with E-state index in [1.165, 1.54) is 0 Å². The molecule has 5 N–H and O–H groups in total. The molecule has 0 spiro atoms. The van der Waals surface area contributed by atoms with Gasteiger partial charge in [-0.3, -0.25) is 4.57 Å². The van der Waals surface area contributed by atoms with Crippen molar-refractivity contribution < 1.29 is 19.1 Å². The summed E-state index contributed by atoms with van der Waals surface area (Å²) in [4.78, 5) is 26.7. The molecule has 0 rings (SSSR count). The maximum Gasteiger partial charge on any atom is 0.325 e. The van der Waals surface area contributed by atoms with Crippen molar-refractivity contribution in [1.29, 1.82) is 0 Å². The lowest BCUT2D eigenvalue weighted by Crippen LogP contribution is -2.30. The summed E-state index contributed by atoms with van der Waals surface area (Å²) in [5.41, 5.74) is 4.70. The van der Waals surface area contributed by atoms with Crippen LogP contribution in [0.1, 0.15) is 6.42 Å². The molecule has 0 aromatic rings. The van der Waals surface area contributed by atoms with Gasteiger partial charge >= 0.3 is 13.6 Å². The molecule has 11 heavy (non-hydrogen) atoms. The molecule has 0 aromatic carbocycles. The van der Waals surface area contributed by atoms with Crippen molar-refractivity contribution in [3.8, 4) is 0 Å². The topological polar surface area (TPSA) is 113 Å². The predicted octanol–water partition coefficient (Wildman–Crippen LogP) is -0.777. The van der Waals surface area contributed by atoms with Crippen molar-refractivity contribution in [2.75, 3.05) is 12.7 Å². The van der Waals surface area contributed by atoms with Gasteiger partial charge in [-0.1, -0.05) is 0 Å². The quantitative estimate of drug-likeness (QED) is 0.337. The maximum atomic E-state index is 10.2. The average Bonchev–Trinajstić information content (AvgIpc) is 1.78. The van der Waals surface area contributed by atoms with Gasteiger partial charge in [0.1, 0.15) is 0 Å². The minimum atomic E-state index is -3.92. The van der Waals surface area contributed by atoms with E-state index in [1.807, 2.05) is 0 Å².